The summed E-state index contributed by atoms with van der Waals surface area (Å²) in [4.78, 5) is 13.3. The van der Waals surface area contributed by atoms with E-state index in [0.717, 1.165) is 54.6 Å². The lowest BCUT2D eigenvalue weighted by Crippen LogP contribution is -2.44. The van der Waals surface area contributed by atoms with Crippen LogP contribution in [0, 0.1) is 6.92 Å². The van der Waals surface area contributed by atoms with Gasteiger partial charge in [0.15, 0.2) is 5.69 Å². The van der Waals surface area contributed by atoms with Crippen LogP contribution in [-0.2, 0) is 23.0 Å². The summed E-state index contributed by atoms with van der Waals surface area (Å²) in [6.07, 6.45) is 4.61. The van der Waals surface area contributed by atoms with Crippen molar-refractivity contribution in [2.45, 2.75) is 44.4 Å². The highest BCUT2D eigenvalue weighted by atomic mass is 35.5. The minimum absolute atomic E-state index is 0.0955. The van der Waals surface area contributed by atoms with Crippen LogP contribution in [0.4, 0.5) is 0 Å². The van der Waals surface area contributed by atoms with Gasteiger partial charge in [0.25, 0.3) is 5.91 Å². The van der Waals surface area contributed by atoms with Crippen molar-refractivity contribution in [3.05, 3.63) is 81.6 Å². The van der Waals surface area contributed by atoms with Crippen LogP contribution >= 0.6 is 11.6 Å². The van der Waals surface area contributed by atoms with E-state index in [-0.39, 0.29) is 11.3 Å². The molecule has 32 heavy (non-hydrogen) atoms. The standard InChI is InChI=1S/C26H28ClN3O2/c1-18-8-10-21(11-9-18)30-23-7-3-6-22(23)24(29-30)25(31)28-17-26(12-14-32-15-13-26)19-4-2-5-20(27)16-19/h2,4-5,8-11,16H,3,6-7,12-15,17H2,1H3,(H,28,31). The van der Waals surface area contributed by atoms with Crippen molar-refractivity contribution in [2.75, 3.05) is 19.8 Å². The number of nitrogens with zero attached hydrogens (tertiary/aromatic N) is 2. The number of nitrogens with one attached hydrogen (secondary N) is 1. The minimum Gasteiger partial charge on any atom is -0.381 e. The molecule has 0 saturated carbocycles. The second-order valence-corrected chi connectivity index (χ2v) is 9.40. The highest BCUT2D eigenvalue weighted by Gasteiger charge is 2.36. The number of fused-ring (bicyclic) bond motifs is 1. The van der Waals surface area contributed by atoms with E-state index in [2.05, 4.69) is 42.6 Å². The first kappa shape index (κ1) is 21.2. The van der Waals surface area contributed by atoms with Crippen LogP contribution < -0.4 is 5.32 Å². The lowest BCUT2D eigenvalue weighted by Gasteiger charge is -2.38. The molecule has 2 aromatic carbocycles. The number of aryl methyl sites for hydroxylation is 1. The topological polar surface area (TPSA) is 56.2 Å². The number of amides is 1. The maximum atomic E-state index is 13.3. The second-order valence-electron chi connectivity index (χ2n) is 8.96. The van der Waals surface area contributed by atoms with E-state index < -0.39 is 0 Å². The Balaban J connectivity index is 1.41. The maximum absolute atomic E-state index is 13.3. The zero-order valence-electron chi connectivity index (χ0n) is 18.4. The number of carbonyl (C=O) groups excluding carboxylic acids is 1. The molecule has 0 unspecified atom stereocenters. The normalized spacial score (nSPS) is 17.2. The molecule has 0 bridgehead atoms. The first-order chi connectivity index (χ1) is 15.6. The lowest BCUT2D eigenvalue weighted by atomic mass is 9.74. The predicted octanol–water partition coefficient (Wildman–Crippen LogP) is 4.80. The Bertz CT molecular complexity index is 1130. The van der Waals surface area contributed by atoms with Gasteiger partial charge < -0.3 is 10.1 Å². The number of rotatable bonds is 5. The monoisotopic (exact) mass is 449 g/mol. The first-order valence-corrected chi connectivity index (χ1v) is 11.7. The number of hydrogen-bond donors (Lipinski definition) is 1. The number of carbonyl (C=O) groups is 1. The quantitative estimate of drug-likeness (QED) is 0.608. The van der Waals surface area contributed by atoms with E-state index >= 15 is 0 Å². The molecule has 5 nitrogen and oxygen atoms in total. The van der Waals surface area contributed by atoms with Crippen molar-refractivity contribution in [2.24, 2.45) is 0 Å². The molecule has 3 aromatic rings. The molecule has 1 aromatic heterocycles. The fraction of sp³-hybridized carbons (Fsp3) is 0.385. The smallest absolute Gasteiger partial charge is 0.272 e. The van der Waals surface area contributed by atoms with Gasteiger partial charge in [-0.25, -0.2) is 4.68 Å². The summed E-state index contributed by atoms with van der Waals surface area (Å²) < 4.78 is 7.58. The molecule has 0 atom stereocenters. The summed E-state index contributed by atoms with van der Waals surface area (Å²) in [5.41, 5.74) is 6.00. The largest absolute Gasteiger partial charge is 0.381 e. The third-order valence-electron chi connectivity index (χ3n) is 6.90. The molecule has 2 heterocycles. The fourth-order valence-electron chi connectivity index (χ4n) is 5.00. The molecule has 6 heteroatoms. The van der Waals surface area contributed by atoms with Crippen molar-refractivity contribution in [3.8, 4) is 5.69 Å². The van der Waals surface area contributed by atoms with E-state index in [0.29, 0.717) is 30.5 Å². The van der Waals surface area contributed by atoms with E-state index in [1.807, 2.05) is 22.9 Å². The molecule has 0 radical (unpaired) electrons. The van der Waals surface area contributed by atoms with Crippen LogP contribution in [0.2, 0.25) is 5.02 Å². The van der Waals surface area contributed by atoms with E-state index in [9.17, 15) is 4.79 Å². The second kappa shape index (κ2) is 8.72. The summed E-state index contributed by atoms with van der Waals surface area (Å²) in [6, 6.07) is 16.3. The molecular formula is C26H28ClN3O2. The zero-order valence-corrected chi connectivity index (χ0v) is 19.1. The molecule has 1 aliphatic heterocycles. The minimum atomic E-state index is -0.179. The Morgan fingerprint density at radius 3 is 2.69 bits per heavy atom. The average molecular weight is 450 g/mol. The molecule has 5 rings (SSSR count). The third kappa shape index (κ3) is 3.96. The molecule has 166 valence electrons. The summed E-state index contributed by atoms with van der Waals surface area (Å²) in [5.74, 6) is -0.0955. The van der Waals surface area contributed by atoms with Gasteiger partial charge in [-0.2, -0.15) is 5.10 Å². The first-order valence-electron chi connectivity index (χ1n) is 11.4. The van der Waals surface area contributed by atoms with Gasteiger partial charge in [-0.05, 0) is 68.9 Å². The van der Waals surface area contributed by atoms with Crippen molar-refractivity contribution in [1.82, 2.24) is 15.1 Å². The van der Waals surface area contributed by atoms with Gasteiger partial charge in [-0.3, -0.25) is 4.79 Å². The summed E-state index contributed by atoms with van der Waals surface area (Å²) in [7, 11) is 0. The van der Waals surface area contributed by atoms with E-state index in [4.69, 9.17) is 21.4 Å². The molecule has 1 saturated heterocycles. The average Bonchev–Trinajstić information content (AvgIpc) is 3.42. The Hall–Kier alpha value is -2.63. The Kier molecular flexibility index (Phi) is 5.78. The van der Waals surface area contributed by atoms with Crippen LogP contribution in [0.25, 0.3) is 5.69 Å². The van der Waals surface area contributed by atoms with Gasteiger partial charge in [0.2, 0.25) is 0 Å². The Morgan fingerprint density at radius 1 is 1.16 bits per heavy atom. The highest BCUT2D eigenvalue weighted by Crippen LogP contribution is 2.36. The number of halogens is 1. The molecular weight excluding hydrogens is 422 g/mol. The van der Waals surface area contributed by atoms with Crippen molar-refractivity contribution in [3.63, 3.8) is 0 Å². The number of aromatic nitrogens is 2. The molecule has 2 aliphatic rings. The van der Waals surface area contributed by atoms with Crippen molar-refractivity contribution >= 4 is 17.5 Å². The van der Waals surface area contributed by atoms with E-state index in [1.165, 1.54) is 5.56 Å². The zero-order chi connectivity index (χ0) is 22.1. The third-order valence-corrected chi connectivity index (χ3v) is 7.13. The lowest BCUT2D eigenvalue weighted by molar-refractivity contribution is 0.0486. The number of hydrogen-bond acceptors (Lipinski definition) is 3. The van der Waals surface area contributed by atoms with Crippen molar-refractivity contribution in [1.29, 1.82) is 0 Å². The SMILES string of the molecule is Cc1ccc(-n2nc(C(=O)NCC3(c4cccc(Cl)c4)CCOCC3)c3c2CCC3)cc1. The van der Waals surface area contributed by atoms with Gasteiger partial charge in [-0.15, -0.1) is 0 Å². The summed E-state index contributed by atoms with van der Waals surface area (Å²) in [6.45, 7) is 3.98. The van der Waals surface area contributed by atoms with Gasteiger partial charge in [0, 0.05) is 41.5 Å². The van der Waals surface area contributed by atoms with Crippen molar-refractivity contribution < 1.29 is 9.53 Å². The molecule has 1 N–H and O–H groups in total. The van der Waals surface area contributed by atoms with Crippen LogP contribution in [-0.4, -0.2) is 35.4 Å². The fourth-order valence-corrected chi connectivity index (χ4v) is 5.19. The van der Waals surface area contributed by atoms with Crippen LogP contribution in [0.5, 0.6) is 0 Å². The van der Waals surface area contributed by atoms with Gasteiger partial charge >= 0.3 is 0 Å². The number of ether oxygens (including phenoxy) is 1. The Labute approximate surface area is 193 Å². The van der Waals surface area contributed by atoms with Crippen LogP contribution in [0.3, 0.4) is 0 Å². The molecule has 0 spiro atoms. The Morgan fingerprint density at radius 2 is 1.94 bits per heavy atom. The highest BCUT2D eigenvalue weighted by molar-refractivity contribution is 6.30. The maximum Gasteiger partial charge on any atom is 0.272 e. The molecule has 1 amide bonds. The summed E-state index contributed by atoms with van der Waals surface area (Å²) in [5, 5.41) is 8.70. The molecule has 1 fully saturated rings. The summed E-state index contributed by atoms with van der Waals surface area (Å²) >= 11 is 6.29. The molecule has 1 aliphatic carbocycles. The van der Waals surface area contributed by atoms with Gasteiger partial charge in [-0.1, -0.05) is 41.4 Å². The predicted molar refractivity (Wildman–Crippen MR) is 126 cm³/mol. The van der Waals surface area contributed by atoms with Gasteiger partial charge in [0.05, 0.1) is 5.69 Å². The van der Waals surface area contributed by atoms with E-state index in [1.54, 1.807) is 0 Å². The van der Waals surface area contributed by atoms with Crippen LogP contribution in [0.15, 0.2) is 48.5 Å². The van der Waals surface area contributed by atoms with Crippen LogP contribution in [0.1, 0.15) is 52.1 Å². The van der Waals surface area contributed by atoms with Gasteiger partial charge in [0.1, 0.15) is 0 Å². The number of benzene rings is 2.